The van der Waals surface area contributed by atoms with E-state index in [-0.39, 0.29) is 16.7 Å². The highest BCUT2D eigenvalue weighted by molar-refractivity contribution is 9.10. The number of phenolic OH excluding ortho intramolecular Hbond substituents is 1. The molecule has 0 aliphatic heterocycles. The lowest BCUT2D eigenvalue weighted by atomic mass is 9.97. The fourth-order valence-electron chi connectivity index (χ4n) is 3.65. The normalized spacial score (nSPS) is 11.6. The molecule has 4 rings (SSSR count). The number of esters is 1. The third-order valence-electron chi connectivity index (χ3n) is 5.27. The molecule has 0 atom stereocenters. The molecule has 0 saturated carbocycles. The Hall–Kier alpha value is -3.39. The molecule has 176 valence electrons. The number of methoxy groups -OCH3 is 1. The number of hydrogen-bond donors (Lipinski definition) is 1. The van der Waals surface area contributed by atoms with E-state index in [9.17, 15) is 9.90 Å². The zero-order valence-electron chi connectivity index (χ0n) is 19.5. The van der Waals surface area contributed by atoms with Crippen molar-refractivity contribution in [2.45, 2.75) is 33.9 Å². The molecule has 1 N–H and O–H groups in total. The maximum absolute atomic E-state index is 11.9. The van der Waals surface area contributed by atoms with Gasteiger partial charge in [0.25, 0.3) is 0 Å². The highest BCUT2D eigenvalue weighted by atomic mass is 79.9. The number of halogens is 1. The first kappa shape index (κ1) is 23.8. The van der Waals surface area contributed by atoms with Gasteiger partial charge in [0, 0.05) is 6.54 Å². The summed E-state index contributed by atoms with van der Waals surface area (Å²) in [7, 11) is 1.28. The maximum atomic E-state index is 11.9. The number of benzene rings is 3. The smallest absolute Gasteiger partial charge is 0.341 e. The molecule has 0 aliphatic carbocycles. The first-order chi connectivity index (χ1) is 16.2. The van der Waals surface area contributed by atoms with Crippen LogP contribution in [0.25, 0.3) is 22.2 Å². The van der Waals surface area contributed by atoms with Crippen LogP contribution in [0.2, 0.25) is 0 Å². The third-order valence-corrected chi connectivity index (χ3v) is 6.04. The van der Waals surface area contributed by atoms with Gasteiger partial charge in [0.1, 0.15) is 29.2 Å². The summed E-state index contributed by atoms with van der Waals surface area (Å²) in [5.74, 6) is -0.0217. The Labute approximate surface area is 206 Å². The second-order valence-electron chi connectivity index (χ2n) is 9.27. The van der Waals surface area contributed by atoms with Gasteiger partial charge in [0.15, 0.2) is 0 Å². The molecule has 1 heterocycles. The van der Waals surface area contributed by atoms with Crippen LogP contribution in [-0.4, -0.2) is 33.2 Å². The van der Waals surface area contributed by atoms with Crippen molar-refractivity contribution in [2.24, 2.45) is 5.41 Å². The minimum absolute atomic E-state index is 0.0857. The van der Waals surface area contributed by atoms with Crippen LogP contribution in [0.15, 0.2) is 59.1 Å². The van der Waals surface area contributed by atoms with Crippen LogP contribution in [0.5, 0.6) is 11.5 Å². The number of aromatic hydroxyl groups is 1. The predicted molar refractivity (Wildman–Crippen MR) is 134 cm³/mol. The van der Waals surface area contributed by atoms with Crippen molar-refractivity contribution in [2.75, 3.05) is 7.11 Å². The summed E-state index contributed by atoms with van der Waals surface area (Å²) < 4.78 is 13.5. The molecule has 0 aliphatic rings. The van der Waals surface area contributed by atoms with Crippen LogP contribution in [0.4, 0.5) is 0 Å². The number of rotatable bonds is 6. The van der Waals surface area contributed by atoms with Gasteiger partial charge >= 0.3 is 5.97 Å². The Balaban J connectivity index is 1.55. The van der Waals surface area contributed by atoms with E-state index >= 15 is 0 Å². The molecule has 0 bridgehead atoms. The summed E-state index contributed by atoms with van der Waals surface area (Å²) in [4.78, 5) is 11.9. The summed E-state index contributed by atoms with van der Waals surface area (Å²) in [5.41, 5.74) is 4.55. The number of aromatic nitrogens is 3. The van der Waals surface area contributed by atoms with Crippen molar-refractivity contribution in [3.63, 3.8) is 0 Å². The zero-order valence-corrected chi connectivity index (χ0v) is 21.1. The number of fused-ring (bicyclic) bond motifs is 1. The van der Waals surface area contributed by atoms with E-state index in [4.69, 9.17) is 9.47 Å². The molecule has 0 spiro atoms. The molecular formula is C26H26BrN3O4. The van der Waals surface area contributed by atoms with Crippen LogP contribution >= 0.6 is 15.9 Å². The van der Waals surface area contributed by atoms with Gasteiger partial charge in [0.05, 0.1) is 17.1 Å². The summed E-state index contributed by atoms with van der Waals surface area (Å²) in [6.45, 7) is 7.59. The van der Waals surface area contributed by atoms with Gasteiger partial charge in [0.2, 0.25) is 0 Å². The van der Waals surface area contributed by atoms with Crippen LogP contribution in [0.1, 0.15) is 36.7 Å². The molecule has 8 heteroatoms. The van der Waals surface area contributed by atoms with Crippen LogP contribution < -0.4 is 4.74 Å². The number of nitrogens with zero attached hydrogens (tertiary/aromatic N) is 3. The molecule has 0 radical (unpaired) electrons. The van der Waals surface area contributed by atoms with E-state index in [2.05, 4.69) is 47.0 Å². The van der Waals surface area contributed by atoms with E-state index < -0.39 is 5.97 Å². The molecule has 0 fully saturated rings. The molecular weight excluding hydrogens is 498 g/mol. The van der Waals surface area contributed by atoms with E-state index in [1.165, 1.54) is 13.2 Å². The largest absolute Gasteiger partial charge is 0.507 e. The first-order valence-electron chi connectivity index (χ1n) is 10.8. The SMILES string of the molecule is COC(=O)c1cc(-c2cccc(COc3ccc4c(nnn4CC(C)(C)C)c3Br)c2)ccc1O. The van der Waals surface area contributed by atoms with Gasteiger partial charge in [-0.25, -0.2) is 9.48 Å². The summed E-state index contributed by atoms with van der Waals surface area (Å²) in [6.07, 6.45) is 0. The van der Waals surface area contributed by atoms with Gasteiger partial charge in [-0.15, -0.1) is 5.10 Å². The van der Waals surface area contributed by atoms with Crippen molar-refractivity contribution in [1.29, 1.82) is 0 Å². The Kier molecular flexibility index (Phi) is 6.61. The molecule has 1 aromatic heterocycles. The molecule has 7 nitrogen and oxygen atoms in total. The molecule has 0 saturated heterocycles. The van der Waals surface area contributed by atoms with Gasteiger partial charge in [-0.3, -0.25) is 0 Å². The third kappa shape index (κ3) is 5.07. The van der Waals surface area contributed by atoms with Gasteiger partial charge < -0.3 is 14.6 Å². The van der Waals surface area contributed by atoms with Crippen LogP contribution in [-0.2, 0) is 17.9 Å². The van der Waals surface area contributed by atoms with Gasteiger partial charge in [-0.2, -0.15) is 0 Å². The molecule has 0 unspecified atom stereocenters. The lowest BCUT2D eigenvalue weighted by Crippen LogP contribution is -2.16. The number of carbonyl (C=O) groups excluding carboxylic acids is 1. The molecule has 0 amide bonds. The molecule has 4 aromatic rings. The van der Waals surface area contributed by atoms with E-state index in [1.807, 2.05) is 41.1 Å². The van der Waals surface area contributed by atoms with Gasteiger partial charge in [-0.1, -0.05) is 50.3 Å². The van der Waals surface area contributed by atoms with Crippen molar-refractivity contribution < 1.29 is 19.4 Å². The summed E-state index contributed by atoms with van der Waals surface area (Å²) in [5, 5.41) is 18.6. The average Bonchev–Trinajstić information content (AvgIpc) is 3.20. The monoisotopic (exact) mass is 523 g/mol. The molecule has 3 aromatic carbocycles. The van der Waals surface area contributed by atoms with E-state index in [0.29, 0.717) is 12.4 Å². The number of phenols is 1. The molecule has 34 heavy (non-hydrogen) atoms. The summed E-state index contributed by atoms with van der Waals surface area (Å²) in [6, 6.07) is 16.6. The van der Waals surface area contributed by atoms with Crippen molar-refractivity contribution in [3.8, 4) is 22.6 Å². The quantitative estimate of drug-likeness (QED) is 0.313. The minimum atomic E-state index is -0.585. The number of ether oxygens (including phenoxy) is 2. The minimum Gasteiger partial charge on any atom is -0.507 e. The Morgan fingerprint density at radius 3 is 2.59 bits per heavy atom. The topological polar surface area (TPSA) is 86.5 Å². The van der Waals surface area contributed by atoms with Crippen molar-refractivity contribution in [3.05, 3.63) is 70.2 Å². The Morgan fingerprint density at radius 1 is 1.09 bits per heavy atom. The average molecular weight is 524 g/mol. The fourth-order valence-corrected chi connectivity index (χ4v) is 4.18. The van der Waals surface area contributed by atoms with Crippen LogP contribution in [0.3, 0.4) is 0 Å². The lowest BCUT2D eigenvalue weighted by Gasteiger charge is -2.18. The maximum Gasteiger partial charge on any atom is 0.341 e. The second-order valence-corrected chi connectivity index (χ2v) is 10.1. The number of carbonyl (C=O) groups is 1. The highest BCUT2D eigenvalue weighted by Gasteiger charge is 2.18. The Bertz CT molecular complexity index is 1360. The zero-order chi connectivity index (χ0) is 24.5. The number of hydrogen-bond acceptors (Lipinski definition) is 6. The second kappa shape index (κ2) is 9.46. The highest BCUT2D eigenvalue weighted by Crippen LogP contribution is 2.33. The Morgan fingerprint density at radius 2 is 1.85 bits per heavy atom. The standard InChI is InChI=1S/C26H26BrN3O4/c1-26(2,3)15-30-20-9-11-22(23(27)24(20)28-29-30)34-14-16-6-5-7-17(12-16)18-8-10-21(31)19(13-18)25(32)33-4/h5-13,31H,14-15H2,1-4H3. The van der Waals surface area contributed by atoms with Crippen molar-refractivity contribution in [1.82, 2.24) is 15.0 Å². The summed E-state index contributed by atoms with van der Waals surface area (Å²) >= 11 is 3.63. The van der Waals surface area contributed by atoms with E-state index in [1.54, 1.807) is 12.1 Å². The van der Waals surface area contributed by atoms with Crippen molar-refractivity contribution >= 4 is 32.9 Å². The predicted octanol–water partition coefficient (Wildman–Crippen LogP) is 5.98. The lowest BCUT2D eigenvalue weighted by molar-refractivity contribution is 0.0597. The fraction of sp³-hybridized carbons (Fsp3) is 0.269. The van der Waals surface area contributed by atoms with Crippen LogP contribution in [0, 0.1) is 5.41 Å². The first-order valence-corrected chi connectivity index (χ1v) is 11.6. The van der Waals surface area contributed by atoms with Gasteiger partial charge in [-0.05, 0) is 68.4 Å². The van der Waals surface area contributed by atoms with E-state index in [0.717, 1.165) is 38.7 Å².